The number of piperidine rings is 1. The van der Waals surface area contributed by atoms with Crippen LogP contribution in [0.5, 0.6) is 5.75 Å². The van der Waals surface area contributed by atoms with Gasteiger partial charge in [0.15, 0.2) is 0 Å². The highest BCUT2D eigenvalue weighted by atomic mass is 35.5. The first-order valence-corrected chi connectivity index (χ1v) is 12.3. The van der Waals surface area contributed by atoms with E-state index >= 15 is 0 Å². The standard InChI is InChI=1S/C25H31Cl2N3O2/c26-20-5-10-24(27)23(19-20)25(31)30-16-14-29(15-17-30)21-6-8-22(9-7-21)32-18-4-13-28-11-2-1-3-12-28/h5-10,19H,1-4,11-18H2. The summed E-state index contributed by atoms with van der Waals surface area (Å²) in [4.78, 5) is 19.5. The van der Waals surface area contributed by atoms with Crippen LogP contribution >= 0.6 is 23.2 Å². The molecule has 2 aliphatic rings. The molecule has 2 aromatic rings. The predicted molar refractivity (Wildman–Crippen MR) is 131 cm³/mol. The number of carbonyl (C=O) groups is 1. The van der Waals surface area contributed by atoms with Crippen LogP contribution in [0.1, 0.15) is 36.0 Å². The smallest absolute Gasteiger partial charge is 0.255 e. The maximum atomic E-state index is 12.8. The van der Waals surface area contributed by atoms with Gasteiger partial charge >= 0.3 is 0 Å². The maximum absolute atomic E-state index is 12.8. The normalized spacial score (nSPS) is 17.4. The molecule has 2 fully saturated rings. The Morgan fingerprint density at radius 3 is 2.31 bits per heavy atom. The van der Waals surface area contributed by atoms with Crippen molar-refractivity contribution in [1.29, 1.82) is 0 Å². The Balaban J connectivity index is 1.22. The van der Waals surface area contributed by atoms with Crippen molar-refractivity contribution >= 4 is 34.8 Å². The highest BCUT2D eigenvalue weighted by Gasteiger charge is 2.24. The molecule has 0 N–H and O–H groups in total. The molecular formula is C25H31Cl2N3O2. The van der Waals surface area contributed by atoms with E-state index in [1.807, 2.05) is 17.0 Å². The molecule has 0 aliphatic carbocycles. The molecular weight excluding hydrogens is 445 g/mol. The van der Waals surface area contributed by atoms with Gasteiger partial charge in [-0.05, 0) is 74.8 Å². The average molecular weight is 476 g/mol. The van der Waals surface area contributed by atoms with Gasteiger partial charge in [-0.1, -0.05) is 29.6 Å². The molecule has 1 amide bonds. The van der Waals surface area contributed by atoms with E-state index in [9.17, 15) is 4.79 Å². The van der Waals surface area contributed by atoms with Gasteiger partial charge in [0, 0.05) is 43.4 Å². The van der Waals surface area contributed by atoms with Crippen molar-refractivity contribution in [2.24, 2.45) is 0 Å². The van der Waals surface area contributed by atoms with Gasteiger partial charge in [-0.3, -0.25) is 4.79 Å². The van der Waals surface area contributed by atoms with Crippen molar-refractivity contribution in [1.82, 2.24) is 9.80 Å². The van der Waals surface area contributed by atoms with E-state index in [-0.39, 0.29) is 5.91 Å². The minimum atomic E-state index is -0.0644. The summed E-state index contributed by atoms with van der Waals surface area (Å²) in [5.74, 6) is 0.849. The van der Waals surface area contributed by atoms with E-state index in [0.717, 1.165) is 44.1 Å². The van der Waals surface area contributed by atoms with Crippen molar-refractivity contribution in [3.63, 3.8) is 0 Å². The van der Waals surface area contributed by atoms with Gasteiger partial charge in [0.05, 0.1) is 17.2 Å². The number of likely N-dealkylation sites (tertiary alicyclic amines) is 1. The molecule has 4 rings (SSSR count). The summed E-state index contributed by atoms with van der Waals surface area (Å²) in [6.07, 6.45) is 5.10. The lowest BCUT2D eigenvalue weighted by molar-refractivity contribution is 0.0747. The summed E-state index contributed by atoms with van der Waals surface area (Å²) < 4.78 is 5.94. The van der Waals surface area contributed by atoms with Gasteiger partial charge in [0.2, 0.25) is 0 Å². The third-order valence-corrected chi connectivity index (χ3v) is 6.83. The highest BCUT2D eigenvalue weighted by Crippen LogP contribution is 2.24. The molecule has 5 nitrogen and oxygen atoms in total. The van der Waals surface area contributed by atoms with Crippen LogP contribution in [0.25, 0.3) is 0 Å². The topological polar surface area (TPSA) is 36.0 Å². The third-order valence-electron chi connectivity index (χ3n) is 6.26. The molecule has 0 unspecified atom stereocenters. The van der Waals surface area contributed by atoms with Crippen LogP contribution in [0.3, 0.4) is 0 Å². The number of nitrogens with zero attached hydrogens (tertiary/aromatic N) is 3. The number of ether oxygens (including phenoxy) is 1. The summed E-state index contributed by atoms with van der Waals surface area (Å²) in [7, 11) is 0. The lowest BCUT2D eigenvalue weighted by Crippen LogP contribution is -2.48. The van der Waals surface area contributed by atoms with Crippen molar-refractivity contribution in [3.05, 3.63) is 58.1 Å². The van der Waals surface area contributed by atoms with Gasteiger partial charge in [0.1, 0.15) is 5.75 Å². The number of hydrogen-bond acceptors (Lipinski definition) is 4. The molecule has 0 radical (unpaired) electrons. The van der Waals surface area contributed by atoms with Crippen molar-refractivity contribution < 1.29 is 9.53 Å². The quantitative estimate of drug-likeness (QED) is 0.514. The second-order valence-electron chi connectivity index (χ2n) is 8.50. The molecule has 2 aliphatic heterocycles. The number of hydrogen-bond donors (Lipinski definition) is 0. The van der Waals surface area contributed by atoms with Crippen LogP contribution in [0.4, 0.5) is 5.69 Å². The molecule has 32 heavy (non-hydrogen) atoms. The SMILES string of the molecule is O=C(c1cc(Cl)ccc1Cl)N1CCN(c2ccc(OCCCN3CCCCC3)cc2)CC1. The number of amides is 1. The number of halogens is 2. The van der Waals surface area contributed by atoms with E-state index in [0.29, 0.717) is 28.7 Å². The summed E-state index contributed by atoms with van der Waals surface area (Å²) in [5.41, 5.74) is 1.62. The summed E-state index contributed by atoms with van der Waals surface area (Å²) in [6.45, 7) is 7.20. The average Bonchev–Trinajstić information content (AvgIpc) is 2.84. The Bertz CT molecular complexity index is 893. The zero-order chi connectivity index (χ0) is 22.3. The minimum Gasteiger partial charge on any atom is -0.494 e. The van der Waals surface area contributed by atoms with Crippen molar-refractivity contribution in [3.8, 4) is 5.75 Å². The fraction of sp³-hybridized carbons (Fsp3) is 0.480. The molecule has 2 heterocycles. The van der Waals surface area contributed by atoms with E-state index < -0.39 is 0 Å². The van der Waals surface area contributed by atoms with Gasteiger partial charge < -0.3 is 19.4 Å². The molecule has 2 aromatic carbocycles. The molecule has 7 heteroatoms. The Morgan fingerprint density at radius 2 is 1.59 bits per heavy atom. The molecule has 172 valence electrons. The van der Waals surface area contributed by atoms with E-state index in [2.05, 4.69) is 21.9 Å². The van der Waals surface area contributed by atoms with Crippen molar-refractivity contribution in [2.75, 3.05) is 57.3 Å². The Hall–Kier alpha value is -1.95. The van der Waals surface area contributed by atoms with Crippen molar-refractivity contribution in [2.45, 2.75) is 25.7 Å². The number of rotatable bonds is 7. The lowest BCUT2D eigenvalue weighted by Gasteiger charge is -2.36. The summed E-state index contributed by atoms with van der Waals surface area (Å²) in [5, 5.41) is 0.957. The van der Waals surface area contributed by atoms with Gasteiger partial charge in [0.25, 0.3) is 5.91 Å². The van der Waals surface area contributed by atoms with E-state index in [1.165, 1.54) is 32.4 Å². The molecule has 2 saturated heterocycles. The number of piperazine rings is 1. The molecule has 0 bridgehead atoms. The molecule has 0 spiro atoms. The molecule has 0 saturated carbocycles. The Labute approximate surface area is 200 Å². The first kappa shape index (κ1) is 23.2. The summed E-state index contributed by atoms with van der Waals surface area (Å²) in [6, 6.07) is 13.3. The van der Waals surface area contributed by atoms with E-state index in [1.54, 1.807) is 18.2 Å². The van der Waals surface area contributed by atoms with Gasteiger partial charge in [-0.15, -0.1) is 0 Å². The highest BCUT2D eigenvalue weighted by molar-refractivity contribution is 6.35. The van der Waals surface area contributed by atoms with Gasteiger partial charge in [-0.25, -0.2) is 0 Å². The first-order chi connectivity index (χ1) is 15.6. The minimum absolute atomic E-state index is 0.0644. The van der Waals surface area contributed by atoms with Crippen LogP contribution in [0.15, 0.2) is 42.5 Å². The lowest BCUT2D eigenvalue weighted by atomic mass is 10.1. The largest absolute Gasteiger partial charge is 0.494 e. The number of benzene rings is 2. The molecule has 0 aromatic heterocycles. The predicted octanol–water partition coefficient (Wildman–Crippen LogP) is 5.21. The van der Waals surface area contributed by atoms with Crippen LogP contribution in [0.2, 0.25) is 10.0 Å². The van der Waals surface area contributed by atoms with Crippen LogP contribution < -0.4 is 9.64 Å². The zero-order valence-corrected chi connectivity index (χ0v) is 20.0. The fourth-order valence-corrected chi connectivity index (χ4v) is 4.78. The third kappa shape index (κ3) is 6.09. The second kappa shape index (κ2) is 11.3. The Kier molecular flexibility index (Phi) is 8.17. The number of carbonyl (C=O) groups excluding carboxylic acids is 1. The fourth-order valence-electron chi connectivity index (χ4n) is 4.41. The molecule has 0 atom stereocenters. The number of anilines is 1. The van der Waals surface area contributed by atoms with E-state index in [4.69, 9.17) is 27.9 Å². The monoisotopic (exact) mass is 475 g/mol. The van der Waals surface area contributed by atoms with Gasteiger partial charge in [-0.2, -0.15) is 0 Å². The summed E-state index contributed by atoms with van der Waals surface area (Å²) >= 11 is 12.2. The first-order valence-electron chi connectivity index (χ1n) is 11.5. The van der Waals surface area contributed by atoms with Crippen LogP contribution in [-0.4, -0.2) is 68.1 Å². The van der Waals surface area contributed by atoms with Crippen LogP contribution in [0, 0.1) is 0 Å². The Morgan fingerprint density at radius 1 is 0.875 bits per heavy atom. The maximum Gasteiger partial charge on any atom is 0.255 e. The van der Waals surface area contributed by atoms with Crippen LogP contribution in [-0.2, 0) is 0 Å². The zero-order valence-electron chi connectivity index (χ0n) is 18.4. The second-order valence-corrected chi connectivity index (χ2v) is 9.35.